The molecule has 5 heteroatoms. The van der Waals surface area contributed by atoms with Gasteiger partial charge in [-0.1, -0.05) is 11.6 Å². The molecule has 0 fully saturated rings. The highest BCUT2D eigenvalue weighted by Gasteiger charge is 2.19. The van der Waals surface area contributed by atoms with Crippen LogP contribution >= 0.6 is 34.7 Å². The Kier molecular flexibility index (Phi) is 4.67. The van der Waals surface area contributed by atoms with E-state index >= 15 is 0 Å². The van der Waals surface area contributed by atoms with Crippen molar-refractivity contribution in [3.63, 3.8) is 0 Å². The first-order valence-electron chi connectivity index (χ1n) is 5.49. The molecule has 2 rings (SSSR count). The van der Waals surface area contributed by atoms with Crippen molar-refractivity contribution in [1.82, 2.24) is 0 Å². The maximum absolute atomic E-state index is 12.9. The van der Waals surface area contributed by atoms with Gasteiger partial charge in [-0.05, 0) is 43.3 Å². The molecule has 2 atom stereocenters. The van der Waals surface area contributed by atoms with E-state index in [1.807, 2.05) is 19.1 Å². The summed E-state index contributed by atoms with van der Waals surface area (Å²) in [5.41, 5.74) is 6.02. The summed E-state index contributed by atoms with van der Waals surface area (Å²) in [5, 5.41) is 0.132. The molecule has 96 valence electrons. The summed E-state index contributed by atoms with van der Waals surface area (Å²) in [4.78, 5) is 2.15. The summed E-state index contributed by atoms with van der Waals surface area (Å²) in [6, 6.07) is 10.3. The highest BCUT2D eigenvalue weighted by molar-refractivity contribution is 7.99. The Balaban J connectivity index is 2.19. The minimum absolute atomic E-state index is 0.00484. The Hall–Kier alpha value is -0.550. The predicted octanol–water partition coefficient (Wildman–Crippen LogP) is 4.72. The Bertz CT molecular complexity index is 510. The van der Waals surface area contributed by atoms with Crippen LogP contribution in [0.1, 0.15) is 17.1 Å². The molecule has 2 unspecified atom stereocenters. The fraction of sp³-hybridized carbons (Fsp3) is 0.231. The molecule has 0 radical (unpaired) electrons. The Labute approximate surface area is 119 Å². The van der Waals surface area contributed by atoms with Gasteiger partial charge in [-0.15, -0.1) is 23.1 Å². The summed E-state index contributed by atoms with van der Waals surface area (Å²) in [7, 11) is 0. The Morgan fingerprint density at radius 2 is 1.89 bits per heavy atom. The molecule has 1 aromatic heterocycles. The molecule has 2 aromatic rings. The maximum Gasteiger partial charge on any atom is 0.123 e. The van der Waals surface area contributed by atoms with E-state index in [-0.39, 0.29) is 17.1 Å². The average molecular weight is 302 g/mol. The van der Waals surface area contributed by atoms with Gasteiger partial charge in [0.05, 0.1) is 9.59 Å². The Morgan fingerprint density at radius 3 is 2.39 bits per heavy atom. The fourth-order valence-electron chi connectivity index (χ4n) is 1.57. The largest absolute Gasteiger partial charge is 0.327 e. The molecule has 0 amide bonds. The van der Waals surface area contributed by atoms with E-state index in [2.05, 4.69) is 0 Å². The smallest absolute Gasteiger partial charge is 0.123 e. The van der Waals surface area contributed by atoms with E-state index < -0.39 is 0 Å². The monoisotopic (exact) mass is 301 g/mol. The molecular formula is C13H13ClFNS2. The van der Waals surface area contributed by atoms with Gasteiger partial charge in [0.15, 0.2) is 0 Å². The van der Waals surface area contributed by atoms with Crippen molar-refractivity contribution in [1.29, 1.82) is 0 Å². The second kappa shape index (κ2) is 6.06. The van der Waals surface area contributed by atoms with Gasteiger partial charge in [-0.25, -0.2) is 4.39 Å². The van der Waals surface area contributed by atoms with Crippen LogP contribution in [0.15, 0.2) is 41.3 Å². The first kappa shape index (κ1) is 13.9. The van der Waals surface area contributed by atoms with Crippen molar-refractivity contribution >= 4 is 34.7 Å². The van der Waals surface area contributed by atoms with E-state index in [0.717, 1.165) is 14.1 Å². The van der Waals surface area contributed by atoms with E-state index in [1.54, 1.807) is 23.9 Å². The normalized spacial score (nSPS) is 14.4. The standard InChI is InChI=1S/C13H13ClFNS2/c1-8(16)13(11-6-7-12(14)18-11)17-10-4-2-9(15)3-5-10/h2-8,13H,16H2,1H3. The zero-order chi connectivity index (χ0) is 13.1. The summed E-state index contributed by atoms with van der Waals surface area (Å²) >= 11 is 9.12. The number of nitrogens with two attached hydrogens (primary N) is 1. The molecule has 1 aromatic carbocycles. The van der Waals surface area contributed by atoms with Gasteiger partial charge in [0.25, 0.3) is 0 Å². The lowest BCUT2D eigenvalue weighted by Crippen LogP contribution is -2.21. The maximum atomic E-state index is 12.9. The average Bonchev–Trinajstić information content (AvgIpc) is 2.74. The first-order chi connectivity index (χ1) is 8.56. The molecule has 0 aliphatic carbocycles. The number of halogens is 2. The SMILES string of the molecule is CC(N)C(Sc1ccc(F)cc1)c1ccc(Cl)s1. The quantitative estimate of drug-likeness (QED) is 0.827. The molecule has 0 spiro atoms. The second-order valence-corrected chi connectivity index (χ2v) is 6.96. The van der Waals surface area contributed by atoms with Gasteiger partial charge >= 0.3 is 0 Å². The highest BCUT2D eigenvalue weighted by atomic mass is 35.5. The lowest BCUT2D eigenvalue weighted by molar-refractivity contribution is 0.626. The van der Waals surface area contributed by atoms with Crippen LogP contribution in [0.25, 0.3) is 0 Å². The molecule has 1 nitrogen and oxygen atoms in total. The number of hydrogen-bond acceptors (Lipinski definition) is 3. The van der Waals surface area contributed by atoms with Gasteiger partial charge in [0.1, 0.15) is 5.82 Å². The molecule has 18 heavy (non-hydrogen) atoms. The molecule has 2 N–H and O–H groups in total. The molecule has 0 aliphatic rings. The van der Waals surface area contributed by atoms with Crippen LogP contribution in [0, 0.1) is 5.82 Å². The van der Waals surface area contributed by atoms with E-state index in [4.69, 9.17) is 17.3 Å². The van der Waals surface area contributed by atoms with Crippen LogP contribution in [0.3, 0.4) is 0 Å². The number of rotatable bonds is 4. The second-order valence-electron chi connectivity index (χ2n) is 3.99. The van der Waals surface area contributed by atoms with Gasteiger partial charge < -0.3 is 5.73 Å². The molecular weight excluding hydrogens is 289 g/mol. The lowest BCUT2D eigenvalue weighted by atomic mass is 10.2. The van der Waals surface area contributed by atoms with Crippen molar-refractivity contribution in [3.8, 4) is 0 Å². The number of benzene rings is 1. The molecule has 0 saturated carbocycles. The van der Waals surface area contributed by atoms with E-state index in [0.29, 0.717) is 0 Å². The third-order valence-corrected chi connectivity index (χ3v) is 5.37. The minimum atomic E-state index is -0.226. The van der Waals surface area contributed by atoms with Gasteiger partial charge in [-0.3, -0.25) is 0 Å². The van der Waals surface area contributed by atoms with Crippen LogP contribution in [-0.2, 0) is 0 Å². The van der Waals surface area contributed by atoms with Crippen molar-refractivity contribution in [2.24, 2.45) is 5.73 Å². The summed E-state index contributed by atoms with van der Waals surface area (Å²) in [6.07, 6.45) is 0. The predicted molar refractivity (Wildman–Crippen MR) is 78.0 cm³/mol. The Morgan fingerprint density at radius 1 is 1.22 bits per heavy atom. The van der Waals surface area contributed by atoms with Crippen LogP contribution in [0.2, 0.25) is 4.34 Å². The molecule has 0 saturated heterocycles. The van der Waals surface area contributed by atoms with Crippen LogP contribution in [0.5, 0.6) is 0 Å². The molecule has 0 bridgehead atoms. The van der Waals surface area contributed by atoms with Crippen molar-refractivity contribution in [2.75, 3.05) is 0 Å². The highest BCUT2D eigenvalue weighted by Crippen LogP contribution is 2.41. The topological polar surface area (TPSA) is 26.0 Å². The van der Waals surface area contributed by atoms with Crippen molar-refractivity contribution < 1.29 is 4.39 Å². The third-order valence-electron chi connectivity index (χ3n) is 2.43. The zero-order valence-corrected chi connectivity index (χ0v) is 12.2. The van der Waals surface area contributed by atoms with Crippen LogP contribution in [-0.4, -0.2) is 6.04 Å². The minimum Gasteiger partial charge on any atom is -0.327 e. The first-order valence-corrected chi connectivity index (χ1v) is 7.56. The number of hydrogen-bond donors (Lipinski definition) is 1. The summed E-state index contributed by atoms with van der Waals surface area (Å²) < 4.78 is 13.6. The van der Waals surface area contributed by atoms with Crippen LogP contribution in [0.4, 0.5) is 4.39 Å². The molecule has 1 heterocycles. The number of thiophene rings is 1. The molecule has 0 aliphatic heterocycles. The third kappa shape index (κ3) is 3.48. The van der Waals surface area contributed by atoms with Crippen LogP contribution < -0.4 is 5.73 Å². The lowest BCUT2D eigenvalue weighted by Gasteiger charge is -2.18. The number of thioether (sulfide) groups is 1. The summed E-state index contributed by atoms with van der Waals surface area (Å²) in [6.45, 7) is 1.97. The van der Waals surface area contributed by atoms with Crippen molar-refractivity contribution in [3.05, 3.63) is 51.4 Å². The van der Waals surface area contributed by atoms with E-state index in [9.17, 15) is 4.39 Å². The van der Waals surface area contributed by atoms with Crippen molar-refractivity contribution in [2.45, 2.75) is 23.1 Å². The fourth-order valence-corrected chi connectivity index (χ4v) is 4.01. The van der Waals surface area contributed by atoms with Gasteiger partial charge in [0, 0.05) is 15.8 Å². The van der Waals surface area contributed by atoms with Gasteiger partial charge in [0.2, 0.25) is 0 Å². The van der Waals surface area contributed by atoms with E-state index in [1.165, 1.54) is 23.5 Å². The zero-order valence-electron chi connectivity index (χ0n) is 9.77. The summed E-state index contributed by atoms with van der Waals surface area (Å²) in [5.74, 6) is -0.226. The van der Waals surface area contributed by atoms with Gasteiger partial charge in [-0.2, -0.15) is 0 Å².